The number of imidazole rings is 1. The smallest absolute Gasteiger partial charge is 0.245 e. The Morgan fingerprint density at radius 3 is 2.74 bits per heavy atom. The Kier molecular flexibility index (Phi) is 6.95. The van der Waals surface area contributed by atoms with Gasteiger partial charge >= 0.3 is 0 Å². The van der Waals surface area contributed by atoms with Gasteiger partial charge in [-0.3, -0.25) is 4.90 Å². The summed E-state index contributed by atoms with van der Waals surface area (Å²) < 4.78 is 14.4. The molecule has 1 aliphatic carbocycles. The summed E-state index contributed by atoms with van der Waals surface area (Å²) in [7, 11) is 0. The number of aromatic nitrogens is 4. The molecule has 1 saturated heterocycles. The zero-order chi connectivity index (χ0) is 26.1. The van der Waals surface area contributed by atoms with Crippen LogP contribution in [0.4, 0.5) is 0 Å². The predicted octanol–water partition coefficient (Wildman–Crippen LogP) is 4.80. The van der Waals surface area contributed by atoms with Gasteiger partial charge < -0.3 is 19.4 Å². The maximum absolute atomic E-state index is 6.85. The van der Waals surface area contributed by atoms with Crippen molar-refractivity contribution in [2.24, 2.45) is 0 Å². The van der Waals surface area contributed by atoms with Crippen molar-refractivity contribution in [2.75, 3.05) is 32.8 Å². The Morgan fingerprint density at radius 2 is 1.97 bits per heavy atom. The lowest BCUT2D eigenvalue weighted by atomic mass is 10.2. The largest absolute Gasteiger partial charge is 0.492 e. The molecule has 2 aliphatic rings. The number of benzene rings is 2. The summed E-state index contributed by atoms with van der Waals surface area (Å²) in [6, 6.07) is 16.6. The Morgan fingerprint density at radius 1 is 1.13 bits per heavy atom. The Balaban J connectivity index is 1.30. The summed E-state index contributed by atoms with van der Waals surface area (Å²) in [6.07, 6.45) is 3.57. The highest BCUT2D eigenvalue weighted by Crippen LogP contribution is 2.41. The molecule has 0 bridgehead atoms. The lowest BCUT2D eigenvalue weighted by molar-refractivity contribution is 0.143. The van der Waals surface area contributed by atoms with E-state index in [0.29, 0.717) is 35.6 Å². The topological polar surface area (TPSA) is 77.3 Å². The molecule has 2 fully saturated rings. The number of halogens is 1. The molecule has 38 heavy (non-hydrogen) atoms. The van der Waals surface area contributed by atoms with Crippen molar-refractivity contribution in [2.45, 2.75) is 44.9 Å². The summed E-state index contributed by atoms with van der Waals surface area (Å²) >= 11 is 6.85. The SMILES string of the molecule is C[C@H]1CNCCN1CCOc1ccc(-c2nc3c(OC4(C)CC4)ncnc3n2Cc2ccccc2)c(Cl)c1. The van der Waals surface area contributed by atoms with Gasteiger partial charge in [-0.1, -0.05) is 41.9 Å². The lowest BCUT2D eigenvalue weighted by Gasteiger charge is -2.33. The molecule has 198 valence electrons. The van der Waals surface area contributed by atoms with Gasteiger partial charge in [0.2, 0.25) is 5.88 Å². The summed E-state index contributed by atoms with van der Waals surface area (Å²) in [5.41, 5.74) is 3.14. The van der Waals surface area contributed by atoms with Crippen LogP contribution in [0.2, 0.25) is 5.02 Å². The molecule has 4 aromatic rings. The first-order valence-corrected chi connectivity index (χ1v) is 13.7. The minimum absolute atomic E-state index is 0.177. The second kappa shape index (κ2) is 10.5. The molecule has 0 amide bonds. The van der Waals surface area contributed by atoms with E-state index in [9.17, 15) is 0 Å². The standard InChI is InChI=1S/C29H33ClN6O2/c1-20-17-31-12-13-35(20)14-15-37-22-8-9-23(24(30)16-22)26-34-25-27(36(26)18-21-6-4-3-5-7-21)32-19-33-28(25)38-29(2)10-11-29/h3-9,16,19-20,31H,10-15,17-18H2,1-2H3/t20-/m0/s1. The Bertz CT molecular complexity index is 1420. The summed E-state index contributed by atoms with van der Waals surface area (Å²) in [5, 5.41) is 4.00. The zero-order valence-electron chi connectivity index (χ0n) is 21.9. The minimum Gasteiger partial charge on any atom is -0.492 e. The number of nitrogens with one attached hydrogen (secondary N) is 1. The van der Waals surface area contributed by atoms with Crippen LogP contribution in [0.5, 0.6) is 11.6 Å². The average Bonchev–Trinajstić information content (AvgIpc) is 3.54. The number of ether oxygens (including phenoxy) is 2. The van der Waals surface area contributed by atoms with Crippen LogP contribution in [0.3, 0.4) is 0 Å². The van der Waals surface area contributed by atoms with E-state index < -0.39 is 0 Å². The highest BCUT2D eigenvalue weighted by Gasteiger charge is 2.41. The lowest BCUT2D eigenvalue weighted by Crippen LogP contribution is -2.50. The predicted molar refractivity (Wildman–Crippen MR) is 149 cm³/mol. The third-order valence-corrected chi connectivity index (χ3v) is 7.76. The molecule has 2 aromatic carbocycles. The van der Waals surface area contributed by atoms with Crippen LogP contribution in [-0.4, -0.2) is 68.8 Å². The number of hydrogen-bond acceptors (Lipinski definition) is 7. The van der Waals surface area contributed by atoms with Crippen LogP contribution in [0.15, 0.2) is 54.9 Å². The maximum atomic E-state index is 6.85. The summed E-state index contributed by atoms with van der Waals surface area (Å²) in [5.74, 6) is 1.99. The highest BCUT2D eigenvalue weighted by molar-refractivity contribution is 6.33. The van der Waals surface area contributed by atoms with Gasteiger partial charge in [0.25, 0.3) is 0 Å². The number of hydrogen-bond donors (Lipinski definition) is 1. The van der Waals surface area contributed by atoms with Gasteiger partial charge in [-0.15, -0.1) is 0 Å². The van der Waals surface area contributed by atoms with Gasteiger partial charge in [0.1, 0.15) is 30.1 Å². The third-order valence-electron chi connectivity index (χ3n) is 7.45. The van der Waals surface area contributed by atoms with E-state index in [1.54, 1.807) is 6.33 Å². The van der Waals surface area contributed by atoms with Gasteiger partial charge in [-0.05, 0) is 50.5 Å². The van der Waals surface area contributed by atoms with Crippen LogP contribution < -0.4 is 14.8 Å². The fraction of sp³-hybridized carbons (Fsp3) is 0.414. The van der Waals surface area contributed by atoms with Crippen LogP contribution >= 0.6 is 11.6 Å². The fourth-order valence-electron chi connectivity index (χ4n) is 4.89. The quantitative estimate of drug-likeness (QED) is 0.332. The van der Waals surface area contributed by atoms with Crippen LogP contribution in [0, 0.1) is 0 Å². The van der Waals surface area contributed by atoms with Crippen LogP contribution in [0.25, 0.3) is 22.6 Å². The van der Waals surface area contributed by atoms with Crippen LogP contribution in [0.1, 0.15) is 32.3 Å². The van der Waals surface area contributed by atoms with E-state index in [2.05, 4.69) is 50.7 Å². The number of fused-ring (bicyclic) bond motifs is 1. The summed E-state index contributed by atoms with van der Waals surface area (Å²) in [4.78, 5) is 16.5. The second-order valence-electron chi connectivity index (χ2n) is 10.5. The molecule has 6 rings (SSSR count). The van der Waals surface area contributed by atoms with Crippen molar-refractivity contribution in [3.05, 3.63) is 65.4 Å². The van der Waals surface area contributed by atoms with Gasteiger partial charge in [0.15, 0.2) is 11.2 Å². The monoisotopic (exact) mass is 532 g/mol. The van der Waals surface area contributed by atoms with Gasteiger partial charge in [0, 0.05) is 37.8 Å². The Hall–Kier alpha value is -3.20. The molecular weight excluding hydrogens is 500 g/mol. The Labute approximate surface area is 228 Å². The number of rotatable bonds is 9. The molecule has 8 nitrogen and oxygen atoms in total. The fourth-order valence-corrected chi connectivity index (χ4v) is 5.14. The first kappa shape index (κ1) is 25.1. The van der Waals surface area contributed by atoms with Crippen molar-refractivity contribution in [3.63, 3.8) is 0 Å². The molecular formula is C29H33ClN6O2. The number of nitrogens with zero attached hydrogens (tertiary/aromatic N) is 5. The molecule has 9 heteroatoms. The zero-order valence-corrected chi connectivity index (χ0v) is 22.6. The van der Waals surface area contributed by atoms with E-state index in [1.165, 1.54) is 0 Å². The first-order chi connectivity index (χ1) is 18.5. The average molecular weight is 533 g/mol. The van der Waals surface area contributed by atoms with Gasteiger partial charge in [0.05, 0.1) is 11.6 Å². The second-order valence-corrected chi connectivity index (χ2v) is 10.9. The van der Waals surface area contributed by atoms with Crippen LogP contribution in [-0.2, 0) is 6.54 Å². The molecule has 1 saturated carbocycles. The summed E-state index contributed by atoms with van der Waals surface area (Å²) in [6.45, 7) is 9.50. The highest BCUT2D eigenvalue weighted by atomic mass is 35.5. The van der Waals surface area contributed by atoms with Crippen molar-refractivity contribution in [1.29, 1.82) is 0 Å². The van der Waals surface area contributed by atoms with E-state index in [0.717, 1.165) is 67.4 Å². The van der Waals surface area contributed by atoms with E-state index in [1.807, 2.05) is 36.4 Å². The number of piperazine rings is 1. The molecule has 3 heterocycles. The molecule has 1 N–H and O–H groups in total. The molecule has 2 aromatic heterocycles. The van der Waals surface area contributed by atoms with Crippen molar-refractivity contribution in [1.82, 2.24) is 29.7 Å². The van der Waals surface area contributed by atoms with Gasteiger partial charge in [-0.25, -0.2) is 9.97 Å². The van der Waals surface area contributed by atoms with Crippen molar-refractivity contribution < 1.29 is 9.47 Å². The first-order valence-electron chi connectivity index (χ1n) is 13.3. The van der Waals surface area contributed by atoms with Crippen molar-refractivity contribution in [3.8, 4) is 23.0 Å². The van der Waals surface area contributed by atoms with E-state index in [4.69, 9.17) is 26.1 Å². The van der Waals surface area contributed by atoms with Crippen molar-refractivity contribution >= 4 is 22.8 Å². The van der Waals surface area contributed by atoms with E-state index >= 15 is 0 Å². The molecule has 1 atom stereocenters. The normalized spacial score (nSPS) is 19.0. The van der Waals surface area contributed by atoms with E-state index in [-0.39, 0.29) is 5.60 Å². The molecule has 0 unspecified atom stereocenters. The minimum atomic E-state index is -0.177. The third kappa shape index (κ3) is 5.34. The molecule has 0 radical (unpaired) electrons. The van der Waals surface area contributed by atoms with Gasteiger partial charge in [-0.2, -0.15) is 4.98 Å². The molecule has 1 aliphatic heterocycles. The molecule has 0 spiro atoms. The maximum Gasteiger partial charge on any atom is 0.245 e.